The van der Waals surface area contributed by atoms with Crippen LogP contribution in [-0.4, -0.2) is 108 Å². The number of aromatic nitrogens is 6. The highest BCUT2D eigenvalue weighted by molar-refractivity contribution is 5.77. The van der Waals surface area contributed by atoms with Gasteiger partial charge in [0.05, 0.1) is 30.5 Å². The maximum atomic E-state index is 13.6. The summed E-state index contributed by atoms with van der Waals surface area (Å²) in [6, 6.07) is 8.20. The number of halogens is 2. The lowest BCUT2D eigenvalue weighted by Crippen LogP contribution is -2.50. The van der Waals surface area contributed by atoms with Gasteiger partial charge in [0.1, 0.15) is 17.8 Å². The molecule has 2 aliphatic heterocycles. The molecule has 4 aromatic rings. The van der Waals surface area contributed by atoms with E-state index in [0.717, 1.165) is 42.2 Å². The Morgan fingerprint density at radius 2 is 1.72 bits per heavy atom. The number of likely N-dealkylation sites (tertiary alicyclic amines) is 1. The lowest BCUT2D eigenvalue weighted by Gasteiger charge is -2.38. The number of carbonyl (C=O) groups excluding carboxylic acids is 1. The van der Waals surface area contributed by atoms with Gasteiger partial charge in [0.2, 0.25) is 5.91 Å². The number of piperidine rings is 1. The van der Waals surface area contributed by atoms with Crippen molar-refractivity contribution < 1.29 is 18.7 Å². The van der Waals surface area contributed by atoms with E-state index in [2.05, 4.69) is 32.0 Å². The monoisotopic (exact) mass is 595 g/mol. The molecule has 0 aliphatic carbocycles. The highest BCUT2D eigenvalue weighted by atomic mass is 19.3. The van der Waals surface area contributed by atoms with Crippen molar-refractivity contribution in [1.82, 2.24) is 38.9 Å². The summed E-state index contributed by atoms with van der Waals surface area (Å²) in [5.41, 5.74) is 0.768. The predicted molar refractivity (Wildman–Crippen MR) is 155 cm³/mol. The largest absolute Gasteiger partial charge is 0.388 e. The van der Waals surface area contributed by atoms with E-state index in [4.69, 9.17) is 0 Å². The number of aliphatic hydroxyl groups is 1. The maximum absolute atomic E-state index is 13.6. The minimum Gasteiger partial charge on any atom is -0.388 e. The van der Waals surface area contributed by atoms with E-state index < -0.39 is 24.0 Å². The molecule has 2 fully saturated rings. The molecular weight excluding hydrogens is 560 g/mol. The van der Waals surface area contributed by atoms with Crippen LogP contribution >= 0.6 is 0 Å². The zero-order chi connectivity index (χ0) is 30.1. The summed E-state index contributed by atoms with van der Waals surface area (Å²) in [6.45, 7) is 4.34. The van der Waals surface area contributed by atoms with E-state index in [1.165, 1.54) is 40.5 Å². The molecule has 43 heavy (non-hydrogen) atoms. The molecule has 0 bridgehead atoms. The molecule has 1 amide bonds. The molecule has 3 aromatic heterocycles. The van der Waals surface area contributed by atoms with Gasteiger partial charge in [-0.15, -0.1) is 0 Å². The van der Waals surface area contributed by atoms with E-state index in [-0.39, 0.29) is 44.5 Å². The number of piperazine rings is 1. The molecule has 1 aromatic carbocycles. The van der Waals surface area contributed by atoms with Crippen LogP contribution in [0.3, 0.4) is 0 Å². The van der Waals surface area contributed by atoms with Gasteiger partial charge in [-0.25, -0.2) is 18.4 Å². The van der Waals surface area contributed by atoms with Crippen molar-refractivity contribution >= 4 is 22.6 Å². The van der Waals surface area contributed by atoms with Crippen molar-refractivity contribution in [2.24, 2.45) is 0 Å². The van der Waals surface area contributed by atoms with Crippen LogP contribution in [-0.2, 0) is 11.3 Å². The molecule has 6 rings (SSSR count). The molecule has 0 spiro atoms. The third-order valence-electron chi connectivity index (χ3n) is 8.57. The second-order valence-corrected chi connectivity index (χ2v) is 11.5. The standard InChI is InChI=1S/C29H35F2N9O3/c1-35-13-15-36(16-14-35)21-3-5-22(6-4-21)40-27-23(18-34-40)28(42)38(20-32-27)19-29(43)7-11-37(12-8-29)25(41)17-24(26(30)31)39-10-2-9-33-39/h2-6,9-10,18,20,24,26,43H,7-8,11-17,19H2,1H3/t24-/m0/s1. The van der Waals surface area contributed by atoms with Crippen molar-refractivity contribution in [2.75, 3.05) is 51.2 Å². The smallest absolute Gasteiger partial charge is 0.264 e. The van der Waals surface area contributed by atoms with Gasteiger partial charge in [-0.05, 0) is 50.2 Å². The minimum atomic E-state index is -2.74. The first kappa shape index (κ1) is 28.9. The fourth-order valence-electron chi connectivity index (χ4n) is 5.85. The van der Waals surface area contributed by atoms with Crippen molar-refractivity contribution in [3.63, 3.8) is 0 Å². The Bertz CT molecular complexity index is 1600. The van der Waals surface area contributed by atoms with Gasteiger partial charge in [0.25, 0.3) is 12.0 Å². The highest BCUT2D eigenvalue weighted by Crippen LogP contribution is 2.27. The molecular formula is C29H35F2N9O3. The molecule has 1 atom stereocenters. The molecule has 2 aliphatic rings. The number of anilines is 1. The number of benzene rings is 1. The highest BCUT2D eigenvalue weighted by Gasteiger charge is 2.36. The zero-order valence-electron chi connectivity index (χ0n) is 24.0. The number of hydrogen-bond donors (Lipinski definition) is 1. The van der Waals surface area contributed by atoms with Crippen molar-refractivity contribution in [2.45, 2.75) is 43.9 Å². The Labute approximate surface area is 246 Å². The Hall–Kier alpha value is -4.17. The number of hydrogen-bond acceptors (Lipinski definition) is 8. The maximum Gasteiger partial charge on any atom is 0.264 e. The summed E-state index contributed by atoms with van der Waals surface area (Å²) >= 11 is 0. The van der Waals surface area contributed by atoms with Crippen molar-refractivity contribution in [3.8, 4) is 5.69 Å². The van der Waals surface area contributed by atoms with Crippen LogP contribution in [0.4, 0.5) is 14.5 Å². The van der Waals surface area contributed by atoms with Gasteiger partial charge < -0.3 is 19.8 Å². The number of amides is 1. The Morgan fingerprint density at radius 1 is 1.02 bits per heavy atom. The van der Waals surface area contributed by atoms with Gasteiger partial charge in [-0.1, -0.05) is 0 Å². The summed E-state index contributed by atoms with van der Waals surface area (Å²) in [5.74, 6) is -0.424. The molecule has 12 nitrogen and oxygen atoms in total. The van der Waals surface area contributed by atoms with Crippen LogP contribution in [0.1, 0.15) is 25.3 Å². The molecule has 0 saturated carbocycles. The molecule has 2 saturated heterocycles. The summed E-state index contributed by atoms with van der Waals surface area (Å²) in [7, 11) is 2.12. The van der Waals surface area contributed by atoms with E-state index in [9.17, 15) is 23.5 Å². The van der Waals surface area contributed by atoms with E-state index in [1.807, 2.05) is 24.3 Å². The zero-order valence-corrected chi connectivity index (χ0v) is 24.0. The van der Waals surface area contributed by atoms with Crippen LogP contribution in [0.2, 0.25) is 0 Å². The molecule has 0 unspecified atom stereocenters. The Balaban J connectivity index is 1.10. The average molecular weight is 596 g/mol. The number of fused-ring (bicyclic) bond motifs is 1. The first-order valence-electron chi connectivity index (χ1n) is 14.5. The number of alkyl halides is 2. The van der Waals surface area contributed by atoms with Crippen LogP contribution in [0.25, 0.3) is 16.7 Å². The van der Waals surface area contributed by atoms with Crippen LogP contribution in [0, 0.1) is 0 Å². The average Bonchev–Trinajstić information content (AvgIpc) is 3.69. The third kappa shape index (κ3) is 6.02. The SMILES string of the molecule is CN1CCN(c2ccc(-n3ncc4c(=O)n(CC5(O)CCN(C(=O)C[C@@H](C(F)F)n6cccn6)CC5)cnc43)cc2)CC1. The quantitative estimate of drug-likeness (QED) is 0.328. The second kappa shape index (κ2) is 11.8. The molecule has 5 heterocycles. The first-order valence-corrected chi connectivity index (χ1v) is 14.5. The summed E-state index contributed by atoms with van der Waals surface area (Å²) in [6.07, 6.45) is 2.97. The molecule has 1 N–H and O–H groups in total. The summed E-state index contributed by atoms with van der Waals surface area (Å²) < 4.78 is 31.3. The van der Waals surface area contributed by atoms with Crippen LogP contribution in [0.15, 0.2) is 60.0 Å². The molecule has 14 heteroatoms. The second-order valence-electron chi connectivity index (χ2n) is 11.5. The summed E-state index contributed by atoms with van der Waals surface area (Å²) in [4.78, 5) is 36.8. The number of nitrogens with zero attached hydrogens (tertiary/aromatic N) is 9. The molecule has 0 radical (unpaired) electrons. The van der Waals surface area contributed by atoms with E-state index in [1.54, 1.807) is 4.68 Å². The number of likely N-dealkylation sites (N-methyl/N-ethyl adjacent to an activating group) is 1. The number of carbonyl (C=O) groups is 1. The normalized spacial score (nSPS) is 18.4. The lowest BCUT2D eigenvalue weighted by molar-refractivity contribution is -0.138. The van der Waals surface area contributed by atoms with E-state index >= 15 is 0 Å². The fraction of sp³-hybridized carbons (Fsp3) is 0.483. The first-order chi connectivity index (χ1) is 20.7. The van der Waals surface area contributed by atoms with Gasteiger partial charge in [-0.2, -0.15) is 10.2 Å². The minimum absolute atomic E-state index is 0.00531. The lowest BCUT2D eigenvalue weighted by atomic mass is 9.91. The fourth-order valence-corrected chi connectivity index (χ4v) is 5.85. The van der Waals surface area contributed by atoms with Crippen LogP contribution < -0.4 is 10.5 Å². The predicted octanol–water partition coefficient (Wildman–Crippen LogP) is 1.78. The van der Waals surface area contributed by atoms with Gasteiger partial charge in [0.15, 0.2) is 5.65 Å². The van der Waals surface area contributed by atoms with Gasteiger partial charge >= 0.3 is 0 Å². The number of rotatable bonds is 8. The van der Waals surface area contributed by atoms with Gasteiger partial charge in [-0.3, -0.25) is 18.8 Å². The Morgan fingerprint density at radius 3 is 2.37 bits per heavy atom. The topological polar surface area (TPSA) is 118 Å². The summed E-state index contributed by atoms with van der Waals surface area (Å²) in [5, 5.41) is 19.9. The Kier molecular flexibility index (Phi) is 7.97. The third-order valence-corrected chi connectivity index (χ3v) is 8.57. The van der Waals surface area contributed by atoms with Crippen molar-refractivity contribution in [3.05, 3.63) is 65.6 Å². The van der Waals surface area contributed by atoms with E-state index in [0.29, 0.717) is 11.0 Å². The van der Waals surface area contributed by atoms with Crippen LogP contribution in [0.5, 0.6) is 0 Å². The van der Waals surface area contributed by atoms with Crippen molar-refractivity contribution in [1.29, 1.82) is 0 Å². The molecule has 228 valence electrons. The van der Waals surface area contributed by atoms with Gasteiger partial charge in [0, 0.05) is 57.3 Å².